The molecule has 2 atom stereocenters. The molecule has 5 heteroatoms. The van der Waals surface area contributed by atoms with E-state index >= 15 is 0 Å². The molecule has 1 aromatic rings. The van der Waals surface area contributed by atoms with E-state index in [-0.39, 0.29) is 5.91 Å². The average molecular weight is 305 g/mol. The minimum absolute atomic E-state index is 0.121. The maximum Gasteiger partial charge on any atom is 0.264 e. The third-order valence-corrected chi connectivity index (χ3v) is 5.22. The van der Waals surface area contributed by atoms with Gasteiger partial charge in [-0.1, -0.05) is 11.8 Å². The molecule has 1 amide bonds. The standard InChI is InChI=1S/C16H23N3OS/c1-11-8-15(21-14(11)6-5-7-17)16(20)19-9-12(2)18(4)13(3)10-19/h8,12-13H,7,9-10,17H2,1-4H3. The Balaban J connectivity index is 2.17. The van der Waals surface area contributed by atoms with Crippen LogP contribution in [0, 0.1) is 18.8 Å². The van der Waals surface area contributed by atoms with Crippen molar-refractivity contribution in [1.29, 1.82) is 0 Å². The van der Waals surface area contributed by atoms with Crippen molar-refractivity contribution in [3.8, 4) is 11.8 Å². The van der Waals surface area contributed by atoms with Crippen LogP contribution >= 0.6 is 11.3 Å². The molecule has 1 fully saturated rings. The fraction of sp³-hybridized carbons (Fsp3) is 0.562. The second kappa shape index (κ2) is 6.61. The molecule has 4 nitrogen and oxygen atoms in total. The molecular weight excluding hydrogens is 282 g/mol. The molecule has 1 aliphatic heterocycles. The largest absolute Gasteiger partial charge is 0.335 e. The van der Waals surface area contributed by atoms with Gasteiger partial charge in [-0.05, 0) is 39.4 Å². The molecule has 2 heterocycles. The quantitative estimate of drug-likeness (QED) is 0.801. The van der Waals surface area contributed by atoms with Crippen molar-refractivity contribution in [3.63, 3.8) is 0 Å². The summed E-state index contributed by atoms with van der Waals surface area (Å²) in [6.45, 7) is 8.21. The molecule has 2 rings (SSSR count). The molecule has 0 radical (unpaired) electrons. The van der Waals surface area contributed by atoms with Crippen LogP contribution in [-0.4, -0.2) is 54.5 Å². The number of carbonyl (C=O) groups is 1. The lowest BCUT2D eigenvalue weighted by Crippen LogP contribution is -2.56. The number of hydrogen-bond acceptors (Lipinski definition) is 4. The number of nitrogens with two attached hydrogens (primary N) is 1. The monoisotopic (exact) mass is 305 g/mol. The van der Waals surface area contributed by atoms with Crippen LogP contribution in [0.3, 0.4) is 0 Å². The third-order valence-electron chi connectivity index (χ3n) is 4.08. The van der Waals surface area contributed by atoms with Crippen LogP contribution in [0.15, 0.2) is 6.07 Å². The minimum Gasteiger partial charge on any atom is -0.335 e. The molecule has 114 valence electrons. The van der Waals surface area contributed by atoms with Gasteiger partial charge in [-0.2, -0.15) is 0 Å². The van der Waals surface area contributed by atoms with Crippen LogP contribution in [0.4, 0.5) is 0 Å². The van der Waals surface area contributed by atoms with Gasteiger partial charge >= 0.3 is 0 Å². The Bertz CT molecular complexity index is 572. The molecule has 1 aliphatic rings. The summed E-state index contributed by atoms with van der Waals surface area (Å²) in [4.78, 5) is 18.7. The van der Waals surface area contributed by atoms with Crippen molar-refractivity contribution in [1.82, 2.24) is 9.80 Å². The Morgan fingerprint density at radius 3 is 2.62 bits per heavy atom. The van der Waals surface area contributed by atoms with Crippen LogP contribution < -0.4 is 5.73 Å². The number of aryl methyl sites for hydroxylation is 1. The number of thiophene rings is 1. The van der Waals surface area contributed by atoms with Gasteiger partial charge in [0.25, 0.3) is 5.91 Å². The number of carbonyl (C=O) groups excluding carboxylic acids is 1. The van der Waals surface area contributed by atoms with Crippen LogP contribution in [0.2, 0.25) is 0 Å². The summed E-state index contributed by atoms with van der Waals surface area (Å²) in [5, 5.41) is 0. The molecule has 2 unspecified atom stereocenters. The predicted octanol–water partition coefficient (Wildman–Crippen LogP) is 1.53. The Hall–Kier alpha value is -1.35. The number of piperazine rings is 1. The third kappa shape index (κ3) is 3.46. The van der Waals surface area contributed by atoms with Crippen LogP contribution in [0.25, 0.3) is 0 Å². The molecule has 0 saturated carbocycles. The lowest BCUT2D eigenvalue weighted by molar-refractivity contribution is 0.0418. The zero-order valence-corrected chi connectivity index (χ0v) is 14.0. The van der Waals surface area contributed by atoms with Crippen molar-refractivity contribution in [2.45, 2.75) is 32.9 Å². The summed E-state index contributed by atoms with van der Waals surface area (Å²) in [5.41, 5.74) is 6.46. The Labute approximate surface area is 130 Å². The number of nitrogens with zero attached hydrogens (tertiary/aromatic N) is 2. The van der Waals surface area contributed by atoms with E-state index in [4.69, 9.17) is 5.73 Å². The number of likely N-dealkylation sites (N-methyl/N-ethyl adjacent to an activating group) is 1. The minimum atomic E-state index is 0.121. The van der Waals surface area contributed by atoms with Crippen molar-refractivity contribution >= 4 is 17.2 Å². The second-order valence-corrected chi connectivity index (χ2v) is 6.75. The van der Waals surface area contributed by atoms with E-state index in [0.29, 0.717) is 18.6 Å². The van der Waals surface area contributed by atoms with Crippen molar-refractivity contribution < 1.29 is 4.79 Å². The predicted molar refractivity (Wildman–Crippen MR) is 87.6 cm³/mol. The Kier molecular flexibility index (Phi) is 5.04. The first-order chi connectivity index (χ1) is 9.93. The summed E-state index contributed by atoms with van der Waals surface area (Å²) >= 11 is 1.47. The molecule has 0 spiro atoms. The van der Waals surface area contributed by atoms with Gasteiger partial charge in [0.15, 0.2) is 0 Å². The van der Waals surface area contributed by atoms with E-state index in [9.17, 15) is 4.79 Å². The summed E-state index contributed by atoms with van der Waals surface area (Å²) < 4.78 is 0. The smallest absolute Gasteiger partial charge is 0.264 e. The summed E-state index contributed by atoms with van der Waals surface area (Å²) in [5.74, 6) is 6.01. The second-order valence-electron chi connectivity index (χ2n) is 5.70. The maximum atomic E-state index is 12.7. The number of hydrogen-bond donors (Lipinski definition) is 1. The van der Waals surface area contributed by atoms with Gasteiger partial charge in [-0.3, -0.25) is 9.69 Å². The highest BCUT2D eigenvalue weighted by Crippen LogP contribution is 2.24. The number of rotatable bonds is 1. The Morgan fingerprint density at radius 1 is 1.43 bits per heavy atom. The van der Waals surface area contributed by atoms with Crippen LogP contribution in [0.1, 0.15) is 34.0 Å². The van der Waals surface area contributed by atoms with Crippen LogP contribution in [-0.2, 0) is 0 Å². The number of amides is 1. The molecule has 0 aromatic carbocycles. The molecule has 1 saturated heterocycles. The van der Waals surface area contributed by atoms with E-state index < -0.39 is 0 Å². The van der Waals surface area contributed by atoms with Gasteiger partial charge in [0.1, 0.15) is 0 Å². The van der Waals surface area contributed by atoms with E-state index in [1.54, 1.807) is 0 Å². The highest BCUT2D eigenvalue weighted by Gasteiger charge is 2.30. The lowest BCUT2D eigenvalue weighted by Gasteiger charge is -2.42. The average Bonchev–Trinajstić information content (AvgIpc) is 2.82. The van der Waals surface area contributed by atoms with Gasteiger partial charge in [0.05, 0.1) is 16.3 Å². The van der Waals surface area contributed by atoms with Crippen molar-refractivity contribution in [3.05, 3.63) is 21.4 Å². The molecular formula is C16H23N3OS. The van der Waals surface area contributed by atoms with Crippen molar-refractivity contribution in [2.75, 3.05) is 26.7 Å². The van der Waals surface area contributed by atoms with Gasteiger partial charge in [-0.15, -0.1) is 11.3 Å². The topological polar surface area (TPSA) is 49.6 Å². The van der Waals surface area contributed by atoms with Gasteiger partial charge < -0.3 is 10.6 Å². The molecule has 1 aromatic heterocycles. The summed E-state index contributed by atoms with van der Waals surface area (Å²) in [7, 11) is 2.12. The zero-order valence-electron chi connectivity index (χ0n) is 13.1. The van der Waals surface area contributed by atoms with E-state index in [2.05, 4.69) is 37.6 Å². The first-order valence-electron chi connectivity index (χ1n) is 7.24. The summed E-state index contributed by atoms with van der Waals surface area (Å²) in [6.07, 6.45) is 0. The fourth-order valence-corrected chi connectivity index (χ4v) is 3.58. The van der Waals surface area contributed by atoms with Gasteiger partial charge in [0, 0.05) is 25.2 Å². The van der Waals surface area contributed by atoms with Crippen LogP contribution in [0.5, 0.6) is 0 Å². The lowest BCUT2D eigenvalue weighted by atomic mass is 10.1. The molecule has 0 aliphatic carbocycles. The summed E-state index contributed by atoms with van der Waals surface area (Å²) in [6, 6.07) is 2.71. The molecule has 21 heavy (non-hydrogen) atoms. The van der Waals surface area contributed by atoms with Gasteiger partial charge in [-0.25, -0.2) is 0 Å². The fourth-order valence-electron chi connectivity index (χ4n) is 2.57. The molecule has 0 bridgehead atoms. The first kappa shape index (κ1) is 16.0. The highest BCUT2D eigenvalue weighted by atomic mass is 32.1. The first-order valence-corrected chi connectivity index (χ1v) is 8.06. The van der Waals surface area contributed by atoms with E-state index in [0.717, 1.165) is 28.4 Å². The normalized spacial score (nSPS) is 22.8. The Morgan fingerprint density at radius 2 is 2.05 bits per heavy atom. The van der Waals surface area contributed by atoms with E-state index in [1.807, 2.05) is 17.9 Å². The van der Waals surface area contributed by atoms with E-state index in [1.165, 1.54) is 11.3 Å². The van der Waals surface area contributed by atoms with Crippen molar-refractivity contribution in [2.24, 2.45) is 5.73 Å². The SMILES string of the molecule is Cc1cc(C(=O)N2CC(C)N(C)C(C)C2)sc1C#CCN. The zero-order chi connectivity index (χ0) is 15.6. The van der Waals surface area contributed by atoms with Gasteiger partial charge in [0.2, 0.25) is 0 Å². The molecule has 2 N–H and O–H groups in total. The maximum absolute atomic E-state index is 12.7. The highest BCUT2D eigenvalue weighted by molar-refractivity contribution is 7.14.